The third-order valence-electron chi connectivity index (χ3n) is 11.5. The van der Waals surface area contributed by atoms with Crippen LogP contribution in [0.15, 0.2) is 30.3 Å². The lowest BCUT2D eigenvalue weighted by Crippen LogP contribution is -2.60. The Morgan fingerprint density at radius 1 is 0.759 bits per heavy atom. The number of benzene rings is 1. The Bertz CT molecular complexity index is 1660. The number of carboxylic acids is 1. The molecule has 0 spiro atoms. The topological polar surface area (TPSA) is 255 Å². The van der Waals surface area contributed by atoms with Gasteiger partial charge in [-0.3, -0.25) is 33.6 Å². The molecule has 3 aliphatic rings. The fourth-order valence-electron chi connectivity index (χ4n) is 8.18. The van der Waals surface area contributed by atoms with Gasteiger partial charge in [-0.05, 0) is 68.8 Å². The molecule has 8 atom stereocenters. The summed E-state index contributed by atoms with van der Waals surface area (Å²) in [6.07, 6.45) is 3.13. The average Bonchev–Trinajstić information content (AvgIpc) is 3.99. The lowest BCUT2D eigenvalue weighted by molar-refractivity contribution is -0.149. The van der Waals surface area contributed by atoms with E-state index in [1.165, 1.54) is 14.7 Å². The van der Waals surface area contributed by atoms with Gasteiger partial charge in [-0.15, -0.1) is 0 Å². The molecule has 0 aromatic heterocycles. The van der Waals surface area contributed by atoms with Gasteiger partial charge in [0.15, 0.2) is 0 Å². The number of likely N-dealkylation sites (tertiary alicyclic amines) is 3. The van der Waals surface area contributed by atoms with Gasteiger partial charge in [0.2, 0.25) is 41.4 Å². The Morgan fingerprint density at radius 2 is 1.31 bits per heavy atom. The molecule has 1 aromatic carbocycles. The average molecular weight is 811 g/mol. The number of carbonyl (C=O) groups excluding carboxylic acids is 7. The molecule has 0 radical (unpaired) electrons. The van der Waals surface area contributed by atoms with Crippen molar-refractivity contribution in [3.63, 3.8) is 0 Å². The quantitative estimate of drug-likeness (QED) is 0.112. The first-order chi connectivity index (χ1) is 27.5. The second-order valence-corrected chi connectivity index (χ2v) is 16.3. The van der Waals surface area contributed by atoms with E-state index in [2.05, 4.69) is 16.0 Å². The predicted octanol–water partition coefficient (Wildman–Crippen LogP) is 0.426. The molecular formula is C41H62N8O9. The summed E-state index contributed by atoms with van der Waals surface area (Å²) in [6, 6.07) is 1.84. The molecule has 3 fully saturated rings. The highest BCUT2D eigenvalue weighted by atomic mass is 16.4. The van der Waals surface area contributed by atoms with E-state index < -0.39 is 83.7 Å². The number of aliphatic carboxylic acids is 1. The van der Waals surface area contributed by atoms with Crippen molar-refractivity contribution in [2.75, 3.05) is 19.6 Å². The smallest absolute Gasteiger partial charge is 0.326 e. The van der Waals surface area contributed by atoms with Gasteiger partial charge in [0.25, 0.3) is 0 Å². The van der Waals surface area contributed by atoms with Crippen LogP contribution in [0.25, 0.3) is 0 Å². The standard InChI is InChI=1S/C41H62N8O9/c1-5-25(4)34(41(57)58)46-37(53)31-15-10-20-48(31)40(56)32-16-11-21-49(32)39(55)28(17-18-33(43)50)44-35(51)29(23-26-12-7-6-8-13-26)45-36(52)30-14-9-19-47(30)38(54)27(42)22-24(2)3/h6-8,12-13,24-25,27-32,34H,5,9-11,14-23,42H2,1-4H3,(H2,43,50)(H,44,51)(H,45,52)(H,46,53)(H,57,58)/t25-,27-,28-,29-,30-,31-,32-,34-/m0/s1. The predicted molar refractivity (Wildman–Crippen MR) is 213 cm³/mol. The molecule has 7 amide bonds. The first-order valence-electron chi connectivity index (χ1n) is 20.7. The number of rotatable bonds is 19. The van der Waals surface area contributed by atoms with Crippen LogP contribution in [0.3, 0.4) is 0 Å². The molecule has 3 aliphatic heterocycles. The van der Waals surface area contributed by atoms with Gasteiger partial charge < -0.3 is 47.2 Å². The molecule has 0 unspecified atom stereocenters. The maximum absolute atomic E-state index is 14.3. The van der Waals surface area contributed by atoms with Crippen LogP contribution < -0.4 is 27.4 Å². The summed E-state index contributed by atoms with van der Waals surface area (Å²) in [6.45, 7) is 8.22. The minimum atomic E-state index is -1.30. The Balaban J connectivity index is 1.53. The molecule has 1 aromatic rings. The van der Waals surface area contributed by atoms with Crippen molar-refractivity contribution in [3.05, 3.63) is 35.9 Å². The minimum Gasteiger partial charge on any atom is -0.480 e. The first-order valence-corrected chi connectivity index (χ1v) is 20.7. The SMILES string of the molecule is CC[C@H](C)[C@H](NC(=O)[C@@H]1CCCN1C(=O)[C@@H]1CCCN1C(=O)[C@H](CCC(N)=O)NC(=O)[C@H](Cc1ccccc1)NC(=O)[C@@H]1CCCN1C(=O)[C@@H](N)CC(C)C)C(=O)O. The van der Waals surface area contributed by atoms with Crippen molar-refractivity contribution in [3.8, 4) is 0 Å². The van der Waals surface area contributed by atoms with Gasteiger partial charge in [0, 0.05) is 32.5 Å². The molecule has 3 saturated heterocycles. The zero-order chi connectivity index (χ0) is 42.7. The van der Waals surface area contributed by atoms with Crippen LogP contribution in [-0.4, -0.2) is 129 Å². The fourth-order valence-corrected chi connectivity index (χ4v) is 8.18. The molecule has 58 heavy (non-hydrogen) atoms. The summed E-state index contributed by atoms with van der Waals surface area (Å²) in [5.74, 6) is -5.28. The first kappa shape index (κ1) is 45.6. The van der Waals surface area contributed by atoms with Gasteiger partial charge in [-0.1, -0.05) is 64.4 Å². The highest BCUT2D eigenvalue weighted by molar-refractivity contribution is 5.98. The van der Waals surface area contributed by atoms with Gasteiger partial charge in [0.1, 0.15) is 36.3 Å². The van der Waals surface area contributed by atoms with Crippen LogP contribution in [0.2, 0.25) is 0 Å². The maximum Gasteiger partial charge on any atom is 0.326 e. The number of carboxylic acid groups (broad SMARTS) is 1. The summed E-state index contributed by atoms with van der Waals surface area (Å²) in [5.41, 5.74) is 12.4. The van der Waals surface area contributed by atoms with E-state index >= 15 is 0 Å². The molecule has 0 aliphatic carbocycles. The Hall–Kier alpha value is -5.06. The van der Waals surface area contributed by atoms with Crippen molar-refractivity contribution in [2.24, 2.45) is 23.3 Å². The Kier molecular flexibility index (Phi) is 16.6. The molecule has 17 nitrogen and oxygen atoms in total. The second-order valence-electron chi connectivity index (χ2n) is 16.3. The second kappa shape index (κ2) is 21.1. The van der Waals surface area contributed by atoms with Crippen molar-refractivity contribution >= 4 is 47.3 Å². The van der Waals surface area contributed by atoms with E-state index in [9.17, 15) is 43.5 Å². The summed E-state index contributed by atoms with van der Waals surface area (Å²) in [4.78, 5) is 111. The highest BCUT2D eigenvalue weighted by Crippen LogP contribution is 2.27. The third kappa shape index (κ3) is 11.8. The summed E-state index contributed by atoms with van der Waals surface area (Å²) >= 11 is 0. The zero-order valence-electron chi connectivity index (χ0n) is 34.2. The summed E-state index contributed by atoms with van der Waals surface area (Å²) < 4.78 is 0. The molecule has 320 valence electrons. The Labute approximate surface area is 340 Å². The number of nitrogens with two attached hydrogens (primary N) is 2. The van der Waals surface area contributed by atoms with Gasteiger partial charge >= 0.3 is 5.97 Å². The maximum atomic E-state index is 14.3. The summed E-state index contributed by atoms with van der Waals surface area (Å²) in [7, 11) is 0. The van der Waals surface area contributed by atoms with Crippen molar-refractivity contribution in [2.45, 2.75) is 141 Å². The molecule has 8 N–H and O–H groups in total. The molecule has 17 heteroatoms. The van der Waals surface area contributed by atoms with E-state index in [1.807, 2.05) is 26.8 Å². The number of hydrogen-bond donors (Lipinski definition) is 6. The van der Waals surface area contributed by atoms with E-state index in [0.717, 1.165) is 5.56 Å². The largest absolute Gasteiger partial charge is 0.480 e. The van der Waals surface area contributed by atoms with E-state index in [-0.39, 0.29) is 50.1 Å². The van der Waals surface area contributed by atoms with E-state index in [0.29, 0.717) is 57.9 Å². The zero-order valence-corrected chi connectivity index (χ0v) is 34.2. The van der Waals surface area contributed by atoms with Crippen LogP contribution in [0, 0.1) is 11.8 Å². The normalized spacial score (nSPS) is 21.8. The molecule has 0 saturated carbocycles. The van der Waals surface area contributed by atoms with E-state index in [1.54, 1.807) is 31.2 Å². The van der Waals surface area contributed by atoms with Gasteiger partial charge in [0.05, 0.1) is 6.04 Å². The third-order valence-corrected chi connectivity index (χ3v) is 11.5. The van der Waals surface area contributed by atoms with Gasteiger partial charge in [-0.25, -0.2) is 4.79 Å². The van der Waals surface area contributed by atoms with Crippen molar-refractivity contribution in [1.82, 2.24) is 30.7 Å². The molecule has 0 bridgehead atoms. The molecule has 4 rings (SSSR count). The summed E-state index contributed by atoms with van der Waals surface area (Å²) in [5, 5.41) is 17.9. The lowest BCUT2D eigenvalue weighted by Gasteiger charge is -2.34. The number of nitrogens with one attached hydrogen (secondary N) is 3. The van der Waals surface area contributed by atoms with Crippen LogP contribution >= 0.6 is 0 Å². The van der Waals surface area contributed by atoms with Crippen LogP contribution in [0.5, 0.6) is 0 Å². The number of hydrogen-bond acceptors (Lipinski definition) is 9. The molecular weight excluding hydrogens is 748 g/mol. The lowest BCUT2D eigenvalue weighted by atomic mass is 9.98. The number of primary amides is 1. The number of amides is 7. The monoisotopic (exact) mass is 810 g/mol. The fraction of sp³-hybridized carbons (Fsp3) is 0.659. The van der Waals surface area contributed by atoms with Crippen molar-refractivity contribution in [1.29, 1.82) is 0 Å². The van der Waals surface area contributed by atoms with Crippen LogP contribution in [0.1, 0.15) is 97.5 Å². The minimum absolute atomic E-state index is 0.0473. The highest BCUT2D eigenvalue weighted by Gasteiger charge is 2.45. The van der Waals surface area contributed by atoms with Gasteiger partial charge in [-0.2, -0.15) is 0 Å². The van der Waals surface area contributed by atoms with E-state index in [4.69, 9.17) is 11.5 Å². The number of carbonyl (C=O) groups is 8. The van der Waals surface area contributed by atoms with Crippen molar-refractivity contribution < 1.29 is 43.5 Å². The molecule has 3 heterocycles. The number of nitrogens with zero attached hydrogens (tertiary/aromatic N) is 3. The Morgan fingerprint density at radius 3 is 1.88 bits per heavy atom. The van der Waals surface area contributed by atoms with Crippen LogP contribution in [-0.2, 0) is 44.8 Å². The van der Waals surface area contributed by atoms with Crippen LogP contribution in [0.4, 0.5) is 0 Å².